The largest absolute Gasteiger partial charge is 0.330 e. The maximum absolute atomic E-state index is 5.66. The molecule has 0 saturated carbocycles. The van der Waals surface area contributed by atoms with Crippen molar-refractivity contribution in [3.63, 3.8) is 0 Å². The van der Waals surface area contributed by atoms with Crippen molar-refractivity contribution in [2.45, 2.75) is 40.2 Å². The molecule has 1 heterocycles. The van der Waals surface area contributed by atoms with Gasteiger partial charge in [-0.1, -0.05) is 13.8 Å². The second kappa shape index (κ2) is 5.66. The van der Waals surface area contributed by atoms with Crippen LogP contribution in [0.4, 0.5) is 0 Å². The second-order valence-electron chi connectivity index (χ2n) is 3.92. The fourth-order valence-electron chi connectivity index (χ4n) is 1.63. The van der Waals surface area contributed by atoms with Gasteiger partial charge < -0.3 is 5.73 Å². The summed E-state index contributed by atoms with van der Waals surface area (Å²) in [5, 5.41) is 4.56. The Balaban J connectivity index is 2.97. The Morgan fingerprint density at radius 2 is 2.13 bits per heavy atom. The van der Waals surface area contributed by atoms with Crippen LogP contribution < -0.4 is 5.73 Å². The minimum absolute atomic E-state index is 0.507. The van der Waals surface area contributed by atoms with Crippen LogP contribution in [0.2, 0.25) is 0 Å². The lowest BCUT2D eigenvalue weighted by atomic mass is 10.1. The molecule has 0 radical (unpaired) electrons. The Morgan fingerprint density at radius 1 is 1.47 bits per heavy atom. The van der Waals surface area contributed by atoms with Gasteiger partial charge in [0.25, 0.3) is 0 Å². The molecule has 1 aromatic heterocycles. The summed E-state index contributed by atoms with van der Waals surface area (Å²) < 4.78 is 3.25. The predicted molar refractivity (Wildman–Crippen MR) is 66.9 cm³/mol. The van der Waals surface area contributed by atoms with Gasteiger partial charge in [0.2, 0.25) is 0 Å². The highest BCUT2D eigenvalue weighted by molar-refractivity contribution is 9.10. The van der Waals surface area contributed by atoms with Gasteiger partial charge in [-0.3, -0.25) is 4.68 Å². The summed E-state index contributed by atoms with van der Waals surface area (Å²) in [7, 11) is 0. The molecule has 1 rings (SSSR count). The van der Waals surface area contributed by atoms with Crippen LogP contribution in [0.3, 0.4) is 0 Å². The monoisotopic (exact) mass is 273 g/mol. The van der Waals surface area contributed by atoms with E-state index in [1.54, 1.807) is 0 Å². The van der Waals surface area contributed by atoms with Crippen molar-refractivity contribution in [1.82, 2.24) is 9.78 Å². The van der Waals surface area contributed by atoms with Gasteiger partial charge in [-0.25, -0.2) is 0 Å². The van der Waals surface area contributed by atoms with E-state index in [4.69, 9.17) is 5.73 Å². The van der Waals surface area contributed by atoms with E-state index in [1.807, 2.05) is 0 Å². The van der Waals surface area contributed by atoms with Crippen LogP contribution in [0.1, 0.15) is 32.2 Å². The van der Waals surface area contributed by atoms with Gasteiger partial charge in [0, 0.05) is 6.54 Å². The van der Waals surface area contributed by atoms with Gasteiger partial charge in [-0.15, -0.1) is 0 Å². The lowest BCUT2D eigenvalue weighted by Gasteiger charge is -2.10. The molecule has 0 bridgehead atoms. The van der Waals surface area contributed by atoms with Gasteiger partial charge in [0.15, 0.2) is 0 Å². The highest BCUT2D eigenvalue weighted by Gasteiger charge is 2.15. The van der Waals surface area contributed by atoms with E-state index in [0.29, 0.717) is 5.92 Å². The Labute approximate surface area is 100 Å². The summed E-state index contributed by atoms with van der Waals surface area (Å²) in [4.78, 5) is 0. The fourth-order valence-corrected chi connectivity index (χ4v) is 2.35. The molecule has 86 valence electrons. The van der Waals surface area contributed by atoms with E-state index < -0.39 is 0 Å². The number of halogens is 1. The molecule has 0 aliphatic heterocycles. The number of nitrogens with two attached hydrogens (primary N) is 1. The van der Waals surface area contributed by atoms with E-state index >= 15 is 0 Å². The number of nitrogens with zero attached hydrogens (tertiary/aromatic N) is 2. The Bertz CT molecular complexity index is 320. The smallest absolute Gasteiger partial charge is 0.0766 e. The molecule has 0 aromatic carbocycles. The maximum Gasteiger partial charge on any atom is 0.0766 e. The topological polar surface area (TPSA) is 43.8 Å². The average Bonchev–Trinajstić information content (AvgIpc) is 2.55. The molecular formula is C11H20BrN3. The molecule has 1 aromatic rings. The molecule has 15 heavy (non-hydrogen) atoms. The van der Waals surface area contributed by atoms with Crippen molar-refractivity contribution >= 4 is 15.9 Å². The lowest BCUT2D eigenvalue weighted by Crippen LogP contribution is -2.15. The molecule has 0 saturated heterocycles. The van der Waals surface area contributed by atoms with Crippen LogP contribution >= 0.6 is 15.9 Å². The number of aromatic nitrogens is 2. The third-order valence-corrected chi connectivity index (χ3v) is 3.55. The molecule has 2 N–H and O–H groups in total. The fraction of sp³-hybridized carbons (Fsp3) is 0.727. The predicted octanol–water partition coefficient (Wildman–Crippen LogP) is 2.37. The van der Waals surface area contributed by atoms with E-state index in [0.717, 1.165) is 31.6 Å². The highest BCUT2D eigenvalue weighted by atomic mass is 79.9. The van der Waals surface area contributed by atoms with Crippen LogP contribution in [-0.4, -0.2) is 16.3 Å². The molecule has 0 aliphatic carbocycles. The molecule has 0 fully saturated rings. The van der Waals surface area contributed by atoms with Gasteiger partial charge in [0.05, 0.1) is 15.9 Å². The Morgan fingerprint density at radius 3 is 2.60 bits per heavy atom. The molecule has 0 amide bonds. The lowest BCUT2D eigenvalue weighted by molar-refractivity contribution is 0.535. The Hall–Kier alpha value is -0.350. The van der Waals surface area contributed by atoms with Gasteiger partial charge >= 0.3 is 0 Å². The van der Waals surface area contributed by atoms with Crippen molar-refractivity contribution in [2.24, 2.45) is 11.7 Å². The number of hydrogen-bond donors (Lipinski definition) is 1. The standard InChI is InChI=1S/C11H20BrN3/c1-4-9-11(12)10(6-8(3)7-13)15(5-2)14-9/h8H,4-7,13H2,1-3H3. The van der Waals surface area contributed by atoms with Crippen molar-refractivity contribution < 1.29 is 0 Å². The van der Waals surface area contributed by atoms with Crippen LogP contribution in [0, 0.1) is 5.92 Å². The van der Waals surface area contributed by atoms with E-state index in [1.165, 1.54) is 10.2 Å². The minimum Gasteiger partial charge on any atom is -0.330 e. The molecule has 3 nitrogen and oxygen atoms in total. The Kier molecular flexibility index (Phi) is 4.80. The van der Waals surface area contributed by atoms with Crippen LogP contribution in [0.15, 0.2) is 4.47 Å². The molecule has 1 unspecified atom stereocenters. The van der Waals surface area contributed by atoms with Crippen molar-refractivity contribution in [2.75, 3.05) is 6.54 Å². The summed E-state index contributed by atoms with van der Waals surface area (Å²) in [6.45, 7) is 8.07. The normalized spacial score (nSPS) is 13.1. The molecule has 0 spiro atoms. The summed E-state index contributed by atoms with van der Waals surface area (Å²) in [6, 6.07) is 0. The quantitative estimate of drug-likeness (QED) is 0.895. The number of aryl methyl sites for hydroxylation is 2. The summed E-state index contributed by atoms with van der Waals surface area (Å²) >= 11 is 3.64. The van der Waals surface area contributed by atoms with Crippen molar-refractivity contribution in [3.8, 4) is 0 Å². The third-order valence-electron chi connectivity index (χ3n) is 2.64. The molecular weight excluding hydrogens is 254 g/mol. The van der Waals surface area contributed by atoms with E-state index in [9.17, 15) is 0 Å². The van der Waals surface area contributed by atoms with Gasteiger partial charge in [-0.05, 0) is 48.2 Å². The first-order valence-corrected chi connectivity index (χ1v) is 6.37. The van der Waals surface area contributed by atoms with Crippen LogP contribution in [-0.2, 0) is 19.4 Å². The first-order chi connectivity index (χ1) is 7.13. The maximum atomic E-state index is 5.66. The third kappa shape index (κ3) is 2.82. The van der Waals surface area contributed by atoms with Gasteiger partial charge in [0.1, 0.15) is 0 Å². The SMILES string of the molecule is CCc1nn(CC)c(CC(C)CN)c1Br. The minimum atomic E-state index is 0.507. The van der Waals surface area contributed by atoms with Crippen LogP contribution in [0.5, 0.6) is 0 Å². The molecule has 0 aliphatic rings. The first-order valence-electron chi connectivity index (χ1n) is 5.58. The van der Waals surface area contributed by atoms with Crippen molar-refractivity contribution in [1.29, 1.82) is 0 Å². The van der Waals surface area contributed by atoms with Gasteiger partial charge in [-0.2, -0.15) is 5.10 Å². The first kappa shape index (κ1) is 12.7. The van der Waals surface area contributed by atoms with Crippen molar-refractivity contribution in [3.05, 3.63) is 15.9 Å². The second-order valence-corrected chi connectivity index (χ2v) is 4.71. The molecule has 1 atom stereocenters. The summed E-state index contributed by atoms with van der Waals surface area (Å²) in [5.74, 6) is 0.507. The van der Waals surface area contributed by atoms with Crippen LogP contribution in [0.25, 0.3) is 0 Å². The zero-order valence-electron chi connectivity index (χ0n) is 9.76. The zero-order valence-corrected chi connectivity index (χ0v) is 11.3. The number of hydrogen-bond acceptors (Lipinski definition) is 2. The summed E-state index contributed by atoms with van der Waals surface area (Å²) in [6.07, 6.45) is 1.97. The highest BCUT2D eigenvalue weighted by Crippen LogP contribution is 2.24. The zero-order chi connectivity index (χ0) is 11.4. The summed E-state index contributed by atoms with van der Waals surface area (Å²) in [5.41, 5.74) is 8.09. The van der Waals surface area contributed by atoms with E-state index in [-0.39, 0.29) is 0 Å². The average molecular weight is 274 g/mol. The van der Waals surface area contributed by atoms with E-state index in [2.05, 4.69) is 46.5 Å². The number of rotatable bonds is 5. The molecule has 4 heteroatoms.